The lowest BCUT2D eigenvalue weighted by Crippen LogP contribution is -2.51. The summed E-state index contributed by atoms with van der Waals surface area (Å²) in [6.45, 7) is 0. The largest absolute Gasteiger partial charge is 0.346 e. The van der Waals surface area contributed by atoms with Gasteiger partial charge in [0.1, 0.15) is 0 Å². The molecule has 1 amide bonds. The van der Waals surface area contributed by atoms with Crippen LogP contribution in [0.1, 0.15) is 24.8 Å². The molecule has 0 bridgehead atoms. The van der Waals surface area contributed by atoms with Crippen LogP contribution in [0.3, 0.4) is 0 Å². The predicted molar refractivity (Wildman–Crippen MR) is 85.1 cm³/mol. The molecule has 1 aromatic carbocycles. The lowest BCUT2D eigenvalue weighted by Gasteiger charge is -2.43. The smallest absolute Gasteiger partial charge is 0.341 e. The van der Waals surface area contributed by atoms with Gasteiger partial charge in [-0.15, -0.1) is 5.10 Å². The van der Waals surface area contributed by atoms with Crippen molar-refractivity contribution in [2.75, 3.05) is 5.75 Å². The van der Waals surface area contributed by atoms with E-state index in [9.17, 15) is 9.59 Å². The Hall–Kier alpha value is -1.73. The third kappa shape index (κ3) is 3.20. The number of hydrogen-bond acceptors (Lipinski definition) is 4. The summed E-state index contributed by atoms with van der Waals surface area (Å²) >= 11 is 7.11. The maximum Gasteiger partial charge on any atom is 0.341 e. The van der Waals surface area contributed by atoms with E-state index < -0.39 is 0 Å². The van der Waals surface area contributed by atoms with E-state index in [1.807, 2.05) is 24.3 Å². The van der Waals surface area contributed by atoms with Gasteiger partial charge >= 0.3 is 5.69 Å². The van der Waals surface area contributed by atoms with E-state index in [0.717, 1.165) is 24.8 Å². The van der Waals surface area contributed by atoms with Crippen molar-refractivity contribution in [3.63, 3.8) is 0 Å². The standard InChI is InChI=1S/C14H15ClN4O2S/c15-10-4-2-9(3-5-10)14(6-1-7-14)17-11(20)8-22-13-16-12(21)18-19-13/h2-5H,1,6-8H2,(H,17,20)(H2,16,18,19,21). The number of thioether (sulfide) groups is 1. The van der Waals surface area contributed by atoms with Crippen molar-refractivity contribution >= 4 is 29.3 Å². The highest BCUT2D eigenvalue weighted by molar-refractivity contribution is 7.99. The van der Waals surface area contributed by atoms with Crippen molar-refractivity contribution in [3.8, 4) is 0 Å². The first-order chi connectivity index (χ1) is 10.6. The van der Waals surface area contributed by atoms with Crippen LogP contribution in [0, 0.1) is 0 Å². The highest BCUT2D eigenvalue weighted by atomic mass is 35.5. The molecule has 8 heteroatoms. The summed E-state index contributed by atoms with van der Waals surface area (Å²) in [7, 11) is 0. The van der Waals surface area contributed by atoms with Gasteiger partial charge in [-0.25, -0.2) is 9.89 Å². The SMILES string of the molecule is O=C(CSc1n[nH]c(=O)[nH]1)NC1(c2ccc(Cl)cc2)CCC1. The van der Waals surface area contributed by atoms with Crippen LogP contribution in [0.4, 0.5) is 0 Å². The lowest BCUT2D eigenvalue weighted by atomic mass is 9.72. The second kappa shape index (κ2) is 6.18. The highest BCUT2D eigenvalue weighted by Gasteiger charge is 2.39. The van der Waals surface area contributed by atoms with E-state index in [2.05, 4.69) is 20.5 Å². The number of amides is 1. The van der Waals surface area contributed by atoms with Crippen molar-refractivity contribution in [2.24, 2.45) is 0 Å². The van der Waals surface area contributed by atoms with Crippen molar-refractivity contribution in [2.45, 2.75) is 30.0 Å². The van der Waals surface area contributed by atoms with E-state index in [1.165, 1.54) is 11.8 Å². The number of rotatable bonds is 5. The molecule has 0 aliphatic heterocycles. The minimum atomic E-state index is -0.375. The molecule has 116 valence electrons. The van der Waals surface area contributed by atoms with E-state index in [-0.39, 0.29) is 22.9 Å². The molecule has 0 atom stereocenters. The highest BCUT2D eigenvalue weighted by Crippen LogP contribution is 2.41. The molecular formula is C14H15ClN4O2S. The van der Waals surface area contributed by atoms with Crippen LogP contribution < -0.4 is 11.0 Å². The third-order valence-corrected chi connectivity index (χ3v) is 4.93. The number of hydrogen-bond donors (Lipinski definition) is 3. The van der Waals surface area contributed by atoms with Gasteiger partial charge in [0.2, 0.25) is 5.91 Å². The summed E-state index contributed by atoms with van der Waals surface area (Å²) in [5.41, 5.74) is 0.413. The van der Waals surface area contributed by atoms with Gasteiger partial charge in [-0.05, 0) is 37.0 Å². The Morgan fingerprint density at radius 2 is 2.09 bits per heavy atom. The zero-order valence-corrected chi connectivity index (χ0v) is 13.3. The molecule has 6 nitrogen and oxygen atoms in total. The van der Waals surface area contributed by atoms with Crippen LogP contribution in [0.2, 0.25) is 5.02 Å². The molecule has 0 unspecified atom stereocenters. The van der Waals surface area contributed by atoms with Gasteiger partial charge in [-0.2, -0.15) is 0 Å². The second-order valence-corrected chi connectivity index (χ2v) is 6.66. The Labute approximate surface area is 136 Å². The molecule has 1 aliphatic rings. The van der Waals surface area contributed by atoms with Gasteiger partial charge in [-0.3, -0.25) is 9.78 Å². The van der Waals surface area contributed by atoms with Crippen LogP contribution >= 0.6 is 23.4 Å². The Morgan fingerprint density at radius 1 is 1.36 bits per heavy atom. The summed E-state index contributed by atoms with van der Waals surface area (Å²) in [6, 6.07) is 7.60. The fourth-order valence-corrected chi connectivity index (χ4v) is 3.29. The van der Waals surface area contributed by atoms with Crippen molar-refractivity contribution in [1.29, 1.82) is 0 Å². The Bertz CT molecular complexity index is 721. The molecular weight excluding hydrogens is 324 g/mol. The number of H-pyrrole nitrogens is 2. The monoisotopic (exact) mass is 338 g/mol. The van der Waals surface area contributed by atoms with E-state index in [4.69, 9.17) is 11.6 Å². The van der Waals surface area contributed by atoms with Gasteiger partial charge in [0, 0.05) is 5.02 Å². The minimum Gasteiger partial charge on any atom is -0.346 e. The summed E-state index contributed by atoms with van der Waals surface area (Å²) < 4.78 is 0. The molecule has 1 aromatic heterocycles. The lowest BCUT2D eigenvalue weighted by molar-refractivity contribution is -0.121. The van der Waals surface area contributed by atoms with Gasteiger partial charge in [0.15, 0.2) is 5.16 Å². The Balaban J connectivity index is 1.63. The number of halogens is 1. The van der Waals surface area contributed by atoms with Crippen molar-refractivity contribution in [3.05, 3.63) is 45.3 Å². The van der Waals surface area contributed by atoms with Crippen LogP contribution in [0.5, 0.6) is 0 Å². The van der Waals surface area contributed by atoms with E-state index in [0.29, 0.717) is 10.2 Å². The van der Waals surface area contributed by atoms with E-state index >= 15 is 0 Å². The molecule has 2 aromatic rings. The molecule has 0 saturated heterocycles. The van der Waals surface area contributed by atoms with Gasteiger partial charge < -0.3 is 5.32 Å². The zero-order valence-electron chi connectivity index (χ0n) is 11.7. The first-order valence-corrected chi connectivity index (χ1v) is 8.28. The van der Waals surface area contributed by atoms with Crippen LogP contribution in [-0.2, 0) is 10.3 Å². The normalized spacial score (nSPS) is 16.0. The number of nitrogens with one attached hydrogen (secondary N) is 3. The number of aromatic amines is 2. The quantitative estimate of drug-likeness (QED) is 0.728. The fourth-order valence-electron chi connectivity index (χ4n) is 2.54. The third-order valence-electron chi connectivity index (χ3n) is 3.80. The average molecular weight is 339 g/mol. The molecule has 1 aliphatic carbocycles. The first kappa shape index (κ1) is 15.2. The number of benzene rings is 1. The summed E-state index contributed by atoms with van der Waals surface area (Å²) in [5, 5.41) is 10.2. The maximum absolute atomic E-state index is 12.2. The molecule has 0 spiro atoms. The minimum absolute atomic E-state index is 0.0801. The summed E-state index contributed by atoms with van der Waals surface area (Å²) in [5.74, 6) is 0.124. The topological polar surface area (TPSA) is 90.6 Å². The van der Waals surface area contributed by atoms with E-state index in [1.54, 1.807) is 0 Å². The van der Waals surface area contributed by atoms with Crippen LogP contribution in [0.25, 0.3) is 0 Å². The average Bonchev–Trinajstić information content (AvgIpc) is 2.87. The van der Waals surface area contributed by atoms with Crippen molar-refractivity contribution < 1.29 is 4.79 Å². The van der Waals surface area contributed by atoms with Crippen molar-refractivity contribution in [1.82, 2.24) is 20.5 Å². The first-order valence-electron chi connectivity index (χ1n) is 6.92. The molecule has 1 heterocycles. The van der Waals surface area contributed by atoms with Gasteiger partial charge in [-0.1, -0.05) is 35.5 Å². The maximum atomic E-state index is 12.2. The Kier molecular flexibility index (Phi) is 4.26. The molecule has 1 fully saturated rings. The molecule has 0 radical (unpaired) electrons. The molecule has 1 saturated carbocycles. The number of carbonyl (C=O) groups is 1. The van der Waals surface area contributed by atoms with Gasteiger partial charge in [0.05, 0.1) is 11.3 Å². The number of carbonyl (C=O) groups excluding carboxylic acids is 1. The number of aromatic nitrogens is 3. The summed E-state index contributed by atoms with van der Waals surface area (Å²) in [4.78, 5) is 25.6. The predicted octanol–water partition coefficient (Wildman–Crippen LogP) is 2.04. The summed E-state index contributed by atoms with van der Waals surface area (Å²) in [6.07, 6.45) is 2.93. The fraction of sp³-hybridized carbons (Fsp3) is 0.357. The number of nitrogens with zero attached hydrogens (tertiary/aromatic N) is 1. The van der Waals surface area contributed by atoms with Crippen LogP contribution in [-0.4, -0.2) is 26.8 Å². The molecule has 3 N–H and O–H groups in total. The Morgan fingerprint density at radius 3 is 2.64 bits per heavy atom. The zero-order chi connectivity index (χ0) is 15.6. The van der Waals surface area contributed by atoms with Crippen LogP contribution in [0.15, 0.2) is 34.2 Å². The van der Waals surface area contributed by atoms with Gasteiger partial charge in [0.25, 0.3) is 0 Å². The second-order valence-electron chi connectivity index (χ2n) is 5.26. The molecule has 3 rings (SSSR count). The molecule has 22 heavy (non-hydrogen) atoms.